The van der Waals surface area contributed by atoms with Crippen molar-refractivity contribution in [2.75, 3.05) is 0 Å². The van der Waals surface area contributed by atoms with Gasteiger partial charge in [0.2, 0.25) is 0 Å². The van der Waals surface area contributed by atoms with Crippen LogP contribution in [0.4, 0.5) is 4.39 Å². The zero-order valence-corrected chi connectivity index (χ0v) is 12.0. The molecule has 0 aliphatic carbocycles. The Balaban J connectivity index is 2.31. The first-order chi connectivity index (χ1) is 8.99. The number of hydrogen-bond acceptors (Lipinski definition) is 1. The van der Waals surface area contributed by atoms with E-state index in [-0.39, 0.29) is 11.9 Å². The van der Waals surface area contributed by atoms with Crippen LogP contribution in [0, 0.1) is 12.7 Å². The van der Waals surface area contributed by atoms with Crippen molar-refractivity contribution < 1.29 is 4.39 Å². The van der Waals surface area contributed by atoms with Gasteiger partial charge in [-0.05, 0) is 48.7 Å². The van der Waals surface area contributed by atoms with Crippen molar-refractivity contribution in [3.63, 3.8) is 0 Å². The van der Waals surface area contributed by atoms with E-state index in [9.17, 15) is 4.39 Å². The van der Waals surface area contributed by atoms with Gasteiger partial charge in [0, 0.05) is 21.7 Å². The van der Waals surface area contributed by atoms with E-state index in [2.05, 4.69) is 0 Å². The standard InChI is InChI=1S/C15H14Cl2FN/c1-9-5-6-10(16)7-11(9)15(19)8-12-13(17)3-2-4-14(12)18/h2-7,15H,8,19H2,1H3. The van der Waals surface area contributed by atoms with E-state index in [1.807, 2.05) is 25.1 Å². The number of rotatable bonds is 3. The van der Waals surface area contributed by atoms with E-state index in [1.165, 1.54) is 6.07 Å². The van der Waals surface area contributed by atoms with Crippen LogP contribution in [0.15, 0.2) is 36.4 Å². The van der Waals surface area contributed by atoms with E-state index in [0.29, 0.717) is 22.0 Å². The number of hydrogen-bond donors (Lipinski definition) is 1. The molecule has 4 heteroatoms. The average Bonchev–Trinajstić information content (AvgIpc) is 2.37. The summed E-state index contributed by atoms with van der Waals surface area (Å²) in [5.74, 6) is -0.331. The molecular formula is C15H14Cl2FN. The first-order valence-corrected chi connectivity index (χ1v) is 6.69. The van der Waals surface area contributed by atoms with Gasteiger partial charge in [-0.25, -0.2) is 4.39 Å². The van der Waals surface area contributed by atoms with E-state index in [4.69, 9.17) is 28.9 Å². The largest absolute Gasteiger partial charge is 0.324 e. The van der Waals surface area contributed by atoms with Crippen LogP contribution in [0.3, 0.4) is 0 Å². The Labute approximate surface area is 122 Å². The fraction of sp³-hybridized carbons (Fsp3) is 0.200. The third kappa shape index (κ3) is 3.27. The molecule has 1 unspecified atom stereocenters. The van der Waals surface area contributed by atoms with E-state index in [1.54, 1.807) is 12.1 Å². The monoisotopic (exact) mass is 297 g/mol. The van der Waals surface area contributed by atoms with E-state index < -0.39 is 0 Å². The molecule has 0 spiro atoms. The molecular weight excluding hydrogens is 284 g/mol. The minimum Gasteiger partial charge on any atom is -0.324 e. The smallest absolute Gasteiger partial charge is 0.127 e. The molecule has 0 fully saturated rings. The van der Waals surface area contributed by atoms with Crippen LogP contribution in [0.2, 0.25) is 10.0 Å². The molecule has 19 heavy (non-hydrogen) atoms. The predicted molar refractivity (Wildman–Crippen MR) is 78.2 cm³/mol. The van der Waals surface area contributed by atoms with Crippen molar-refractivity contribution in [2.24, 2.45) is 5.73 Å². The van der Waals surface area contributed by atoms with Crippen molar-refractivity contribution in [3.05, 3.63) is 69.0 Å². The zero-order chi connectivity index (χ0) is 14.0. The lowest BCUT2D eigenvalue weighted by Crippen LogP contribution is -2.15. The van der Waals surface area contributed by atoms with Crippen molar-refractivity contribution in [3.8, 4) is 0 Å². The quantitative estimate of drug-likeness (QED) is 0.874. The van der Waals surface area contributed by atoms with Crippen molar-refractivity contribution in [1.29, 1.82) is 0 Å². The number of aryl methyl sites for hydroxylation is 1. The van der Waals surface area contributed by atoms with E-state index >= 15 is 0 Å². The van der Waals surface area contributed by atoms with Crippen molar-refractivity contribution >= 4 is 23.2 Å². The SMILES string of the molecule is Cc1ccc(Cl)cc1C(N)Cc1c(F)cccc1Cl. The van der Waals surface area contributed by atoms with Crippen LogP contribution in [-0.4, -0.2) is 0 Å². The molecule has 0 aromatic heterocycles. The van der Waals surface area contributed by atoms with E-state index in [0.717, 1.165) is 11.1 Å². The maximum absolute atomic E-state index is 13.7. The molecule has 2 rings (SSSR count). The lowest BCUT2D eigenvalue weighted by molar-refractivity contribution is 0.593. The van der Waals surface area contributed by atoms with Gasteiger partial charge in [-0.3, -0.25) is 0 Å². The summed E-state index contributed by atoms with van der Waals surface area (Å²) in [4.78, 5) is 0. The Morgan fingerprint density at radius 2 is 1.95 bits per heavy atom. The highest BCUT2D eigenvalue weighted by Crippen LogP contribution is 2.27. The van der Waals surface area contributed by atoms with Gasteiger partial charge in [-0.15, -0.1) is 0 Å². The van der Waals surface area contributed by atoms with Gasteiger partial charge >= 0.3 is 0 Å². The molecule has 2 aromatic carbocycles. The summed E-state index contributed by atoms with van der Waals surface area (Å²) in [6.07, 6.45) is 0.340. The first-order valence-electron chi connectivity index (χ1n) is 5.93. The summed E-state index contributed by atoms with van der Waals surface area (Å²) in [6, 6.07) is 9.82. The average molecular weight is 298 g/mol. The molecule has 0 amide bonds. The Bertz CT molecular complexity index is 578. The lowest BCUT2D eigenvalue weighted by Gasteiger charge is -2.16. The van der Waals surface area contributed by atoms with Crippen LogP contribution >= 0.6 is 23.2 Å². The summed E-state index contributed by atoms with van der Waals surface area (Å²) in [6.45, 7) is 1.95. The van der Waals surface area contributed by atoms with Gasteiger partial charge in [0.05, 0.1) is 0 Å². The molecule has 0 aliphatic rings. The molecule has 0 saturated carbocycles. The first kappa shape index (κ1) is 14.3. The second-order valence-corrected chi connectivity index (χ2v) is 5.36. The second-order valence-electron chi connectivity index (χ2n) is 4.51. The van der Waals surface area contributed by atoms with Gasteiger partial charge in [-0.1, -0.05) is 35.3 Å². The molecule has 2 N–H and O–H groups in total. The molecule has 1 nitrogen and oxygen atoms in total. The summed E-state index contributed by atoms with van der Waals surface area (Å²) >= 11 is 12.0. The van der Waals surface area contributed by atoms with Gasteiger partial charge < -0.3 is 5.73 Å². The van der Waals surface area contributed by atoms with Gasteiger partial charge in [0.15, 0.2) is 0 Å². The zero-order valence-electron chi connectivity index (χ0n) is 10.5. The molecule has 0 bridgehead atoms. The van der Waals surface area contributed by atoms with Crippen LogP contribution in [0.5, 0.6) is 0 Å². The maximum atomic E-state index is 13.7. The van der Waals surface area contributed by atoms with Crippen LogP contribution in [0.1, 0.15) is 22.7 Å². The normalized spacial score (nSPS) is 12.5. The highest BCUT2D eigenvalue weighted by molar-refractivity contribution is 6.31. The number of benzene rings is 2. The van der Waals surface area contributed by atoms with Gasteiger partial charge in [0.25, 0.3) is 0 Å². The summed E-state index contributed by atoms with van der Waals surface area (Å²) in [5, 5.41) is 1.02. The topological polar surface area (TPSA) is 26.0 Å². The van der Waals surface area contributed by atoms with Gasteiger partial charge in [0.1, 0.15) is 5.82 Å². The second kappa shape index (κ2) is 5.91. The minimum absolute atomic E-state index is 0.331. The molecule has 0 radical (unpaired) electrons. The highest BCUT2D eigenvalue weighted by atomic mass is 35.5. The Morgan fingerprint density at radius 1 is 1.21 bits per heavy atom. The maximum Gasteiger partial charge on any atom is 0.127 e. The molecule has 0 heterocycles. The minimum atomic E-state index is -0.340. The molecule has 2 aromatic rings. The summed E-state index contributed by atoms with van der Waals surface area (Å²) in [5.41, 5.74) is 8.53. The van der Waals surface area contributed by atoms with Crippen molar-refractivity contribution in [2.45, 2.75) is 19.4 Å². The molecule has 0 aliphatic heterocycles. The van der Waals surface area contributed by atoms with Crippen LogP contribution < -0.4 is 5.73 Å². The van der Waals surface area contributed by atoms with Gasteiger partial charge in [-0.2, -0.15) is 0 Å². The van der Waals surface area contributed by atoms with Crippen LogP contribution in [0.25, 0.3) is 0 Å². The molecule has 0 saturated heterocycles. The van der Waals surface area contributed by atoms with Crippen molar-refractivity contribution in [1.82, 2.24) is 0 Å². The number of nitrogens with two attached hydrogens (primary N) is 1. The summed E-state index contributed by atoms with van der Waals surface area (Å²) < 4.78 is 13.7. The fourth-order valence-corrected chi connectivity index (χ4v) is 2.49. The fourth-order valence-electron chi connectivity index (χ4n) is 2.07. The Hall–Kier alpha value is -1.09. The lowest BCUT2D eigenvalue weighted by atomic mass is 9.96. The molecule has 1 atom stereocenters. The Kier molecular flexibility index (Phi) is 4.46. The number of halogens is 3. The third-order valence-electron chi connectivity index (χ3n) is 3.13. The Morgan fingerprint density at radius 3 is 2.63 bits per heavy atom. The predicted octanol–water partition coefficient (Wildman–Crippen LogP) is 4.68. The third-order valence-corrected chi connectivity index (χ3v) is 3.72. The summed E-state index contributed by atoms with van der Waals surface area (Å²) in [7, 11) is 0. The van der Waals surface area contributed by atoms with Crippen LogP contribution in [-0.2, 0) is 6.42 Å². The highest BCUT2D eigenvalue weighted by Gasteiger charge is 2.15. The molecule has 100 valence electrons.